The summed E-state index contributed by atoms with van der Waals surface area (Å²) in [6.07, 6.45) is 1.55. The van der Waals surface area contributed by atoms with Gasteiger partial charge in [-0.2, -0.15) is 0 Å². The van der Waals surface area contributed by atoms with Crippen LogP contribution in [0.3, 0.4) is 0 Å². The molecule has 0 aliphatic carbocycles. The van der Waals surface area contributed by atoms with Gasteiger partial charge in [-0.05, 0) is 31.0 Å². The van der Waals surface area contributed by atoms with Crippen LogP contribution in [0.25, 0.3) is 0 Å². The van der Waals surface area contributed by atoms with Crippen LogP contribution < -0.4 is 15.8 Å². The van der Waals surface area contributed by atoms with Gasteiger partial charge < -0.3 is 20.5 Å². The minimum atomic E-state index is 0.0297. The van der Waals surface area contributed by atoms with E-state index in [4.69, 9.17) is 15.2 Å². The van der Waals surface area contributed by atoms with Gasteiger partial charge >= 0.3 is 0 Å². The number of nitrogens with one attached hydrogen (secondary N) is 1. The summed E-state index contributed by atoms with van der Waals surface area (Å²) in [4.78, 5) is 12.0. The van der Waals surface area contributed by atoms with E-state index in [-0.39, 0.29) is 11.8 Å². The highest BCUT2D eigenvalue weighted by Gasteiger charge is 2.21. The number of anilines is 2. The van der Waals surface area contributed by atoms with Crippen LogP contribution >= 0.6 is 0 Å². The molecule has 0 radical (unpaired) electrons. The number of methoxy groups -OCH3 is 1. The summed E-state index contributed by atoms with van der Waals surface area (Å²) in [7, 11) is 1.56. The largest absolute Gasteiger partial charge is 0.495 e. The first-order valence-corrected chi connectivity index (χ1v) is 6.03. The molecule has 0 bridgehead atoms. The van der Waals surface area contributed by atoms with Crippen LogP contribution in [0.1, 0.15) is 12.8 Å². The molecule has 0 saturated carbocycles. The molecule has 1 saturated heterocycles. The molecule has 1 aromatic carbocycles. The first-order valence-electron chi connectivity index (χ1n) is 6.03. The number of hydrogen-bond donors (Lipinski definition) is 2. The highest BCUT2D eigenvalue weighted by molar-refractivity contribution is 5.93. The number of hydrogen-bond acceptors (Lipinski definition) is 4. The second-order valence-electron chi connectivity index (χ2n) is 4.33. The average Bonchev–Trinajstić information content (AvgIpc) is 2.40. The molecule has 0 atom stereocenters. The van der Waals surface area contributed by atoms with Gasteiger partial charge in [-0.1, -0.05) is 0 Å². The van der Waals surface area contributed by atoms with Crippen molar-refractivity contribution < 1.29 is 14.3 Å². The van der Waals surface area contributed by atoms with Crippen LogP contribution in [0.5, 0.6) is 5.75 Å². The fourth-order valence-electron chi connectivity index (χ4n) is 2.02. The zero-order valence-corrected chi connectivity index (χ0v) is 10.4. The zero-order valence-electron chi connectivity index (χ0n) is 10.4. The lowest BCUT2D eigenvalue weighted by atomic mass is 9.99. The first kappa shape index (κ1) is 12.7. The molecular weight excluding hydrogens is 232 g/mol. The molecule has 5 heteroatoms. The molecule has 1 aromatic rings. The first-order chi connectivity index (χ1) is 8.70. The van der Waals surface area contributed by atoms with Gasteiger partial charge in [0, 0.05) is 24.8 Å². The molecule has 1 heterocycles. The van der Waals surface area contributed by atoms with Crippen molar-refractivity contribution in [3.63, 3.8) is 0 Å². The minimum Gasteiger partial charge on any atom is -0.495 e. The SMILES string of the molecule is COc1ccc(NC(=O)C2CCOCC2)cc1N. The number of carbonyl (C=O) groups is 1. The molecule has 1 fully saturated rings. The Labute approximate surface area is 106 Å². The van der Waals surface area contributed by atoms with Gasteiger partial charge in [-0.15, -0.1) is 0 Å². The summed E-state index contributed by atoms with van der Waals surface area (Å²) in [5, 5.41) is 2.87. The molecule has 1 aliphatic rings. The number of amides is 1. The van der Waals surface area contributed by atoms with Gasteiger partial charge in [0.1, 0.15) is 5.75 Å². The van der Waals surface area contributed by atoms with Crippen molar-refractivity contribution in [3.05, 3.63) is 18.2 Å². The molecule has 1 amide bonds. The van der Waals surface area contributed by atoms with E-state index in [1.165, 1.54) is 0 Å². The Balaban J connectivity index is 2.00. The third kappa shape index (κ3) is 2.92. The second kappa shape index (κ2) is 5.73. The predicted octanol–water partition coefficient (Wildman–Crippen LogP) is 1.64. The van der Waals surface area contributed by atoms with Crippen LogP contribution in [-0.2, 0) is 9.53 Å². The smallest absolute Gasteiger partial charge is 0.227 e. The van der Waals surface area contributed by atoms with Gasteiger partial charge in [0.15, 0.2) is 0 Å². The van der Waals surface area contributed by atoms with E-state index in [9.17, 15) is 4.79 Å². The Bertz CT molecular complexity index is 428. The van der Waals surface area contributed by atoms with Gasteiger partial charge in [0.2, 0.25) is 5.91 Å². The van der Waals surface area contributed by atoms with E-state index < -0.39 is 0 Å². The highest BCUT2D eigenvalue weighted by atomic mass is 16.5. The number of nitrogen functional groups attached to an aromatic ring is 1. The van der Waals surface area contributed by atoms with Crippen LogP contribution in [0.2, 0.25) is 0 Å². The van der Waals surface area contributed by atoms with Crippen LogP contribution in [-0.4, -0.2) is 26.2 Å². The summed E-state index contributed by atoms with van der Waals surface area (Å²) in [5.41, 5.74) is 7.00. The van der Waals surface area contributed by atoms with Crippen LogP contribution in [0.15, 0.2) is 18.2 Å². The molecule has 1 aliphatic heterocycles. The minimum absolute atomic E-state index is 0.0297. The van der Waals surface area contributed by atoms with E-state index in [2.05, 4.69) is 5.32 Å². The van der Waals surface area contributed by atoms with E-state index in [1.807, 2.05) is 0 Å². The summed E-state index contributed by atoms with van der Waals surface area (Å²) < 4.78 is 10.3. The van der Waals surface area contributed by atoms with Crippen molar-refractivity contribution in [2.24, 2.45) is 5.92 Å². The lowest BCUT2D eigenvalue weighted by Crippen LogP contribution is -2.28. The molecule has 0 spiro atoms. The van der Waals surface area contributed by atoms with Crippen molar-refractivity contribution in [2.45, 2.75) is 12.8 Å². The van der Waals surface area contributed by atoms with E-state index in [1.54, 1.807) is 25.3 Å². The zero-order chi connectivity index (χ0) is 13.0. The maximum Gasteiger partial charge on any atom is 0.227 e. The van der Waals surface area contributed by atoms with Crippen molar-refractivity contribution in [1.29, 1.82) is 0 Å². The highest BCUT2D eigenvalue weighted by Crippen LogP contribution is 2.25. The predicted molar refractivity (Wildman–Crippen MR) is 69.6 cm³/mol. The molecule has 18 heavy (non-hydrogen) atoms. The molecule has 5 nitrogen and oxygen atoms in total. The number of ether oxygens (including phenoxy) is 2. The Morgan fingerprint density at radius 1 is 1.44 bits per heavy atom. The number of carbonyl (C=O) groups excluding carboxylic acids is 1. The van der Waals surface area contributed by atoms with Crippen molar-refractivity contribution in [3.8, 4) is 5.75 Å². The lowest BCUT2D eigenvalue weighted by molar-refractivity contribution is -0.122. The van der Waals surface area contributed by atoms with Gasteiger partial charge in [0.05, 0.1) is 12.8 Å². The summed E-state index contributed by atoms with van der Waals surface area (Å²) in [6, 6.07) is 5.23. The fourth-order valence-corrected chi connectivity index (χ4v) is 2.02. The number of benzene rings is 1. The quantitative estimate of drug-likeness (QED) is 0.800. The number of rotatable bonds is 3. The second-order valence-corrected chi connectivity index (χ2v) is 4.33. The summed E-state index contributed by atoms with van der Waals surface area (Å²) in [5.74, 6) is 0.670. The van der Waals surface area contributed by atoms with Gasteiger partial charge in [-0.25, -0.2) is 0 Å². The summed E-state index contributed by atoms with van der Waals surface area (Å²) in [6.45, 7) is 1.31. The molecular formula is C13H18N2O3. The van der Waals surface area contributed by atoms with Crippen LogP contribution in [0, 0.1) is 5.92 Å². The molecule has 98 valence electrons. The third-order valence-corrected chi connectivity index (χ3v) is 3.09. The Morgan fingerprint density at radius 3 is 2.78 bits per heavy atom. The van der Waals surface area contributed by atoms with Crippen molar-refractivity contribution in [1.82, 2.24) is 0 Å². The lowest BCUT2D eigenvalue weighted by Gasteiger charge is -2.21. The Kier molecular flexibility index (Phi) is 4.04. The average molecular weight is 250 g/mol. The maximum atomic E-state index is 12.0. The molecule has 3 N–H and O–H groups in total. The number of nitrogens with two attached hydrogens (primary N) is 1. The van der Waals surface area contributed by atoms with E-state index in [0.717, 1.165) is 12.8 Å². The van der Waals surface area contributed by atoms with Crippen molar-refractivity contribution >= 4 is 17.3 Å². The molecule has 0 unspecified atom stereocenters. The summed E-state index contributed by atoms with van der Waals surface area (Å²) >= 11 is 0. The normalized spacial score (nSPS) is 16.3. The standard InChI is InChI=1S/C13H18N2O3/c1-17-12-3-2-10(8-11(12)14)15-13(16)9-4-6-18-7-5-9/h2-3,8-9H,4-7,14H2,1H3,(H,15,16). The maximum absolute atomic E-state index is 12.0. The van der Waals surface area contributed by atoms with Gasteiger partial charge in [0.25, 0.3) is 0 Å². The Morgan fingerprint density at radius 2 is 2.17 bits per heavy atom. The van der Waals surface area contributed by atoms with Crippen LogP contribution in [0.4, 0.5) is 11.4 Å². The van der Waals surface area contributed by atoms with E-state index >= 15 is 0 Å². The Hall–Kier alpha value is -1.75. The molecule has 2 rings (SSSR count). The van der Waals surface area contributed by atoms with E-state index in [0.29, 0.717) is 30.3 Å². The van der Waals surface area contributed by atoms with Gasteiger partial charge in [-0.3, -0.25) is 4.79 Å². The topological polar surface area (TPSA) is 73.6 Å². The third-order valence-electron chi connectivity index (χ3n) is 3.09. The van der Waals surface area contributed by atoms with Crippen molar-refractivity contribution in [2.75, 3.05) is 31.4 Å². The fraction of sp³-hybridized carbons (Fsp3) is 0.462. The molecule has 0 aromatic heterocycles. The monoisotopic (exact) mass is 250 g/mol.